The summed E-state index contributed by atoms with van der Waals surface area (Å²) in [4.78, 5) is 13.7. The highest BCUT2D eigenvalue weighted by molar-refractivity contribution is 5.92. The Hall–Kier alpha value is -1.53. The minimum Gasteiger partial charge on any atom is -0.322 e. The molecule has 1 fully saturated rings. The Labute approximate surface area is 117 Å². The lowest BCUT2D eigenvalue weighted by molar-refractivity contribution is -0.117. The molecule has 2 rings (SSSR count). The number of halogens is 2. The van der Waals surface area contributed by atoms with Crippen molar-refractivity contribution in [3.05, 3.63) is 29.8 Å². The SMILES string of the molecule is CN(CC(=O)Nc1ccc(F)cc1F)CC1CCCN1. The van der Waals surface area contributed by atoms with Crippen molar-refractivity contribution in [3.8, 4) is 0 Å². The summed E-state index contributed by atoms with van der Waals surface area (Å²) in [6.45, 7) is 1.97. The molecule has 1 aliphatic rings. The van der Waals surface area contributed by atoms with Gasteiger partial charge in [-0.1, -0.05) is 0 Å². The third-order valence-electron chi connectivity index (χ3n) is 3.31. The molecule has 1 aromatic rings. The van der Waals surface area contributed by atoms with Crippen LogP contribution in [-0.2, 0) is 4.79 Å². The van der Waals surface area contributed by atoms with Crippen molar-refractivity contribution in [1.82, 2.24) is 10.2 Å². The predicted molar refractivity (Wildman–Crippen MR) is 73.5 cm³/mol. The van der Waals surface area contributed by atoms with E-state index in [0.717, 1.165) is 38.1 Å². The van der Waals surface area contributed by atoms with Gasteiger partial charge in [0.15, 0.2) is 0 Å². The highest BCUT2D eigenvalue weighted by atomic mass is 19.1. The molecule has 0 radical (unpaired) electrons. The lowest BCUT2D eigenvalue weighted by atomic mass is 10.2. The monoisotopic (exact) mass is 283 g/mol. The van der Waals surface area contributed by atoms with E-state index in [4.69, 9.17) is 0 Å². The molecule has 0 bridgehead atoms. The fourth-order valence-corrected chi connectivity index (χ4v) is 2.38. The van der Waals surface area contributed by atoms with Gasteiger partial charge in [0.2, 0.25) is 5.91 Å². The standard InChI is InChI=1S/C14H19F2N3O/c1-19(8-11-3-2-6-17-11)9-14(20)18-13-5-4-10(15)7-12(13)16/h4-5,7,11,17H,2-3,6,8-9H2,1H3,(H,18,20). The zero-order valence-corrected chi connectivity index (χ0v) is 11.5. The van der Waals surface area contributed by atoms with E-state index in [9.17, 15) is 13.6 Å². The second-order valence-corrected chi connectivity index (χ2v) is 5.16. The molecule has 0 saturated carbocycles. The van der Waals surface area contributed by atoms with Gasteiger partial charge in [0.05, 0.1) is 12.2 Å². The normalized spacial score (nSPS) is 18.5. The summed E-state index contributed by atoms with van der Waals surface area (Å²) in [5, 5.41) is 5.80. The molecule has 0 aliphatic carbocycles. The molecule has 110 valence electrons. The van der Waals surface area contributed by atoms with E-state index in [1.165, 1.54) is 6.07 Å². The summed E-state index contributed by atoms with van der Waals surface area (Å²) >= 11 is 0. The van der Waals surface area contributed by atoms with Gasteiger partial charge in [-0.2, -0.15) is 0 Å². The van der Waals surface area contributed by atoms with Crippen LogP contribution < -0.4 is 10.6 Å². The molecule has 1 aliphatic heterocycles. The number of rotatable bonds is 5. The van der Waals surface area contributed by atoms with Crippen LogP contribution in [0.15, 0.2) is 18.2 Å². The molecular weight excluding hydrogens is 264 g/mol. The number of nitrogens with one attached hydrogen (secondary N) is 2. The van der Waals surface area contributed by atoms with Gasteiger partial charge < -0.3 is 10.6 Å². The molecule has 1 aromatic carbocycles. The van der Waals surface area contributed by atoms with Gasteiger partial charge in [0.1, 0.15) is 11.6 Å². The minimum absolute atomic E-state index is 0.00351. The maximum absolute atomic E-state index is 13.4. The molecule has 4 nitrogen and oxygen atoms in total. The molecule has 1 saturated heterocycles. The first-order chi connectivity index (χ1) is 9.54. The van der Waals surface area contributed by atoms with Gasteiger partial charge in [0, 0.05) is 18.7 Å². The van der Waals surface area contributed by atoms with Crippen LogP contribution in [0.2, 0.25) is 0 Å². The number of benzene rings is 1. The van der Waals surface area contributed by atoms with E-state index < -0.39 is 11.6 Å². The van der Waals surface area contributed by atoms with Gasteiger partial charge in [0.25, 0.3) is 0 Å². The zero-order chi connectivity index (χ0) is 14.5. The lowest BCUT2D eigenvalue weighted by Gasteiger charge is -2.20. The molecule has 1 heterocycles. The van der Waals surface area contributed by atoms with Crippen LogP contribution in [0.5, 0.6) is 0 Å². The molecule has 6 heteroatoms. The number of carbonyl (C=O) groups excluding carboxylic acids is 1. The number of nitrogens with zero attached hydrogens (tertiary/aromatic N) is 1. The first kappa shape index (κ1) is 14.9. The van der Waals surface area contributed by atoms with E-state index >= 15 is 0 Å². The van der Waals surface area contributed by atoms with E-state index in [2.05, 4.69) is 10.6 Å². The molecule has 1 amide bonds. The number of anilines is 1. The van der Waals surface area contributed by atoms with Crippen LogP contribution in [0.25, 0.3) is 0 Å². The van der Waals surface area contributed by atoms with Crippen LogP contribution in [0.3, 0.4) is 0 Å². The van der Waals surface area contributed by atoms with Crippen molar-refractivity contribution in [1.29, 1.82) is 0 Å². The first-order valence-corrected chi connectivity index (χ1v) is 6.71. The Kier molecular flexibility index (Phi) is 5.03. The van der Waals surface area contributed by atoms with Crippen molar-refractivity contribution < 1.29 is 13.6 Å². The fourth-order valence-electron chi connectivity index (χ4n) is 2.38. The largest absolute Gasteiger partial charge is 0.322 e. The van der Waals surface area contributed by atoms with Gasteiger partial charge in [-0.05, 0) is 38.6 Å². The molecule has 1 unspecified atom stereocenters. The van der Waals surface area contributed by atoms with Gasteiger partial charge in [-0.3, -0.25) is 9.69 Å². The molecule has 0 aromatic heterocycles. The van der Waals surface area contributed by atoms with Gasteiger partial charge in [-0.15, -0.1) is 0 Å². The average Bonchev–Trinajstić information content (AvgIpc) is 2.85. The number of hydrogen-bond donors (Lipinski definition) is 2. The molecule has 2 N–H and O–H groups in total. The number of carbonyl (C=O) groups is 1. The lowest BCUT2D eigenvalue weighted by Crippen LogP contribution is -2.39. The Balaban J connectivity index is 1.82. The summed E-state index contributed by atoms with van der Waals surface area (Å²) in [5.74, 6) is -1.74. The predicted octanol–water partition coefficient (Wildman–Crippen LogP) is 1.59. The van der Waals surface area contributed by atoms with Crippen molar-refractivity contribution in [3.63, 3.8) is 0 Å². The van der Waals surface area contributed by atoms with Crippen molar-refractivity contribution in [2.75, 3.05) is 32.0 Å². The summed E-state index contributed by atoms with van der Waals surface area (Å²) in [7, 11) is 1.85. The van der Waals surface area contributed by atoms with Crippen molar-refractivity contribution in [2.45, 2.75) is 18.9 Å². The Morgan fingerprint density at radius 1 is 1.50 bits per heavy atom. The van der Waals surface area contributed by atoms with E-state index in [1.807, 2.05) is 11.9 Å². The Morgan fingerprint density at radius 2 is 2.30 bits per heavy atom. The Bertz CT molecular complexity index is 475. The van der Waals surface area contributed by atoms with Crippen LogP contribution in [0.1, 0.15) is 12.8 Å². The summed E-state index contributed by atoms with van der Waals surface area (Å²) in [5.41, 5.74) is 0.00351. The van der Waals surface area contributed by atoms with E-state index in [1.54, 1.807) is 0 Å². The van der Waals surface area contributed by atoms with E-state index in [-0.39, 0.29) is 18.1 Å². The maximum Gasteiger partial charge on any atom is 0.238 e. The van der Waals surface area contributed by atoms with E-state index in [0.29, 0.717) is 6.04 Å². The third kappa shape index (κ3) is 4.25. The third-order valence-corrected chi connectivity index (χ3v) is 3.31. The average molecular weight is 283 g/mol. The summed E-state index contributed by atoms with van der Waals surface area (Å²) < 4.78 is 26.2. The highest BCUT2D eigenvalue weighted by Gasteiger charge is 2.17. The molecule has 1 atom stereocenters. The molecule has 0 spiro atoms. The number of hydrogen-bond acceptors (Lipinski definition) is 3. The second-order valence-electron chi connectivity index (χ2n) is 5.16. The second kappa shape index (κ2) is 6.76. The molecule has 20 heavy (non-hydrogen) atoms. The van der Waals surface area contributed by atoms with Crippen LogP contribution >= 0.6 is 0 Å². The van der Waals surface area contributed by atoms with Crippen molar-refractivity contribution >= 4 is 11.6 Å². The number of amides is 1. The summed E-state index contributed by atoms with van der Waals surface area (Å²) in [6.07, 6.45) is 2.27. The highest BCUT2D eigenvalue weighted by Crippen LogP contribution is 2.14. The number of likely N-dealkylation sites (N-methyl/N-ethyl adjacent to an activating group) is 1. The zero-order valence-electron chi connectivity index (χ0n) is 11.5. The van der Waals surface area contributed by atoms with Crippen LogP contribution in [-0.4, -0.2) is 43.5 Å². The molecular formula is C14H19F2N3O. The van der Waals surface area contributed by atoms with Gasteiger partial charge in [-0.25, -0.2) is 8.78 Å². The topological polar surface area (TPSA) is 44.4 Å². The first-order valence-electron chi connectivity index (χ1n) is 6.71. The Morgan fingerprint density at radius 3 is 2.95 bits per heavy atom. The fraction of sp³-hybridized carbons (Fsp3) is 0.500. The minimum atomic E-state index is -0.765. The smallest absolute Gasteiger partial charge is 0.238 e. The maximum atomic E-state index is 13.4. The van der Waals surface area contributed by atoms with Crippen molar-refractivity contribution in [2.24, 2.45) is 0 Å². The van der Waals surface area contributed by atoms with Gasteiger partial charge >= 0.3 is 0 Å². The summed E-state index contributed by atoms with van der Waals surface area (Å²) in [6, 6.07) is 3.50. The van der Waals surface area contributed by atoms with Crippen LogP contribution in [0, 0.1) is 11.6 Å². The quantitative estimate of drug-likeness (QED) is 0.862. The van der Waals surface area contributed by atoms with Crippen LogP contribution in [0.4, 0.5) is 14.5 Å².